The summed E-state index contributed by atoms with van der Waals surface area (Å²) >= 11 is 0. The fourth-order valence-corrected chi connectivity index (χ4v) is 3.34. The van der Waals surface area contributed by atoms with Crippen molar-refractivity contribution in [2.45, 2.75) is 57.7 Å². The molecular formula is C18H34N4O3. The maximum absolute atomic E-state index is 11.9. The summed E-state index contributed by atoms with van der Waals surface area (Å²) < 4.78 is 11.1. The van der Waals surface area contributed by atoms with Crippen molar-refractivity contribution in [2.75, 3.05) is 41.0 Å². The van der Waals surface area contributed by atoms with Gasteiger partial charge in [-0.15, -0.1) is 0 Å². The second kappa shape index (κ2) is 7.91. The summed E-state index contributed by atoms with van der Waals surface area (Å²) in [7, 11) is 5.26. The summed E-state index contributed by atoms with van der Waals surface area (Å²) in [4.78, 5) is 18.0. The largest absolute Gasteiger partial charge is 0.381 e. The molecule has 7 heteroatoms. The van der Waals surface area contributed by atoms with Gasteiger partial charge in [-0.1, -0.05) is 13.8 Å². The van der Waals surface area contributed by atoms with Crippen molar-refractivity contribution in [3.63, 3.8) is 0 Å². The molecule has 1 aliphatic carbocycles. The molecule has 25 heavy (non-hydrogen) atoms. The van der Waals surface area contributed by atoms with E-state index in [1.54, 1.807) is 26.1 Å². The Hall–Kier alpha value is -1.34. The van der Waals surface area contributed by atoms with Gasteiger partial charge in [0, 0.05) is 51.9 Å². The number of rotatable bonds is 5. The van der Waals surface area contributed by atoms with Crippen LogP contribution in [-0.2, 0) is 14.3 Å². The van der Waals surface area contributed by atoms with Crippen molar-refractivity contribution in [1.29, 1.82) is 0 Å². The van der Waals surface area contributed by atoms with Crippen LogP contribution in [0.25, 0.3) is 0 Å². The average molecular weight is 354 g/mol. The highest BCUT2D eigenvalue weighted by molar-refractivity contribution is 5.85. The zero-order valence-corrected chi connectivity index (χ0v) is 16.5. The molecule has 1 heterocycles. The van der Waals surface area contributed by atoms with Crippen LogP contribution in [0.15, 0.2) is 4.99 Å². The van der Waals surface area contributed by atoms with Crippen LogP contribution in [0, 0.1) is 5.41 Å². The highest BCUT2D eigenvalue weighted by Gasteiger charge is 2.58. The molecule has 1 saturated carbocycles. The Morgan fingerprint density at radius 3 is 2.40 bits per heavy atom. The summed E-state index contributed by atoms with van der Waals surface area (Å²) in [5, 5.41) is 7.00. The Balaban J connectivity index is 2.03. The van der Waals surface area contributed by atoms with Crippen molar-refractivity contribution in [2.24, 2.45) is 10.4 Å². The first-order valence-electron chi connectivity index (χ1n) is 9.10. The van der Waals surface area contributed by atoms with E-state index in [1.165, 1.54) is 0 Å². The van der Waals surface area contributed by atoms with E-state index >= 15 is 0 Å². The standard InChI is InChI=1S/C18H34N4O3/c1-17(2)14(11-18(17,3)24-6)21-16(19-12-15(23)22(4)5)20-13-7-9-25-10-8-13/h13-14H,7-12H2,1-6H3,(H2,19,20,21). The van der Waals surface area contributed by atoms with Crippen LogP contribution in [-0.4, -0.2) is 75.4 Å². The van der Waals surface area contributed by atoms with E-state index in [4.69, 9.17) is 9.47 Å². The number of amides is 1. The predicted molar refractivity (Wildman–Crippen MR) is 98.7 cm³/mol. The van der Waals surface area contributed by atoms with Crippen LogP contribution in [0.1, 0.15) is 40.0 Å². The van der Waals surface area contributed by atoms with Crippen LogP contribution >= 0.6 is 0 Å². The second-order valence-corrected chi connectivity index (χ2v) is 8.04. The lowest BCUT2D eigenvalue weighted by molar-refractivity contribution is -0.176. The lowest BCUT2D eigenvalue weighted by Gasteiger charge is -2.59. The van der Waals surface area contributed by atoms with E-state index in [0.29, 0.717) is 12.0 Å². The summed E-state index contributed by atoms with van der Waals surface area (Å²) in [6.07, 6.45) is 2.81. The minimum Gasteiger partial charge on any atom is -0.381 e. The molecule has 2 atom stereocenters. The van der Waals surface area contributed by atoms with Gasteiger partial charge in [0.2, 0.25) is 5.91 Å². The Morgan fingerprint density at radius 2 is 1.88 bits per heavy atom. The molecule has 2 unspecified atom stereocenters. The zero-order chi connectivity index (χ0) is 18.7. The SMILES string of the molecule is COC1(C)CC(NC(=NCC(=O)N(C)C)NC2CCOCC2)C1(C)C. The molecule has 0 radical (unpaired) electrons. The van der Waals surface area contributed by atoms with Gasteiger partial charge in [0.25, 0.3) is 0 Å². The number of aliphatic imine (C=N–C) groups is 1. The number of guanidine groups is 1. The minimum absolute atomic E-state index is 0.0114. The van der Waals surface area contributed by atoms with Crippen molar-refractivity contribution < 1.29 is 14.3 Å². The number of nitrogens with one attached hydrogen (secondary N) is 2. The first kappa shape index (κ1) is 20.0. The van der Waals surface area contributed by atoms with E-state index in [1.807, 2.05) is 0 Å². The predicted octanol–water partition coefficient (Wildman–Crippen LogP) is 0.992. The molecule has 0 aromatic carbocycles. The number of likely N-dealkylation sites (N-methyl/N-ethyl adjacent to an activating group) is 1. The molecule has 0 bridgehead atoms. The lowest BCUT2D eigenvalue weighted by atomic mass is 9.56. The van der Waals surface area contributed by atoms with Gasteiger partial charge >= 0.3 is 0 Å². The highest BCUT2D eigenvalue weighted by Crippen LogP contribution is 2.51. The van der Waals surface area contributed by atoms with Crippen LogP contribution < -0.4 is 10.6 Å². The summed E-state index contributed by atoms with van der Waals surface area (Å²) in [5.41, 5.74) is -0.167. The lowest BCUT2D eigenvalue weighted by Crippen LogP contribution is -2.69. The molecule has 0 aromatic rings. The van der Waals surface area contributed by atoms with Crippen LogP contribution in [0.3, 0.4) is 0 Å². The quantitative estimate of drug-likeness (QED) is 0.569. The van der Waals surface area contributed by atoms with E-state index in [2.05, 4.69) is 36.4 Å². The molecule has 1 saturated heterocycles. The fraction of sp³-hybridized carbons (Fsp3) is 0.889. The molecule has 2 fully saturated rings. The van der Waals surface area contributed by atoms with Crippen molar-refractivity contribution in [3.05, 3.63) is 0 Å². The molecule has 2 aliphatic rings. The van der Waals surface area contributed by atoms with Gasteiger partial charge < -0.3 is 25.0 Å². The normalized spacial score (nSPS) is 29.7. The van der Waals surface area contributed by atoms with Gasteiger partial charge in [0.1, 0.15) is 6.54 Å². The van der Waals surface area contributed by atoms with Gasteiger partial charge in [-0.3, -0.25) is 4.79 Å². The molecule has 1 aliphatic heterocycles. The Bertz CT molecular complexity index is 501. The third kappa shape index (κ3) is 4.44. The number of nitrogens with zero attached hydrogens (tertiary/aromatic N) is 2. The maximum Gasteiger partial charge on any atom is 0.243 e. The molecule has 1 amide bonds. The molecule has 7 nitrogen and oxygen atoms in total. The Labute approximate surface area is 151 Å². The zero-order valence-electron chi connectivity index (χ0n) is 16.5. The summed E-state index contributed by atoms with van der Waals surface area (Å²) in [5.74, 6) is 0.695. The van der Waals surface area contributed by atoms with Crippen LogP contribution in [0.2, 0.25) is 0 Å². The van der Waals surface area contributed by atoms with Gasteiger partial charge in [0.05, 0.1) is 5.60 Å². The van der Waals surface area contributed by atoms with Gasteiger partial charge in [-0.05, 0) is 26.2 Å². The van der Waals surface area contributed by atoms with Gasteiger partial charge in [-0.25, -0.2) is 4.99 Å². The second-order valence-electron chi connectivity index (χ2n) is 8.04. The first-order chi connectivity index (χ1) is 11.7. The topological polar surface area (TPSA) is 75.2 Å². The van der Waals surface area contributed by atoms with Crippen molar-refractivity contribution in [1.82, 2.24) is 15.5 Å². The monoisotopic (exact) mass is 354 g/mol. The minimum atomic E-state index is -0.145. The third-order valence-corrected chi connectivity index (χ3v) is 6.02. The number of hydrogen-bond acceptors (Lipinski definition) is 4. The molecule has 2 N–H and O–H groups in total. The van der Waals surface area contributed by atoms with E-state index in [9.17, 15) is 4.79 Å². The number of carbonyl (C=O) groups is 1. The van der Waals surface area contributed by atoms with Gasteiger partial charge in [-0.2, -0.15) is 0 Å². The van der Waals surface area contributed by atoms with E-state index in [0.717, 1.165) is 32.5 Å². The molecule has 144 valence electrons. The van der Waals surface area contributed by atoms with E-state index < -0.39 is 0 Å². The fourth-order valence-electron chi connectivity index (χ4n) is 3.34. The summed E-state index contributed by atoms with van der Waals surface area (Å²) in [6.45, 7) is 8.21. The first-order valence-corrected chi connectivity index (χ1v) is 9.10. The average Bonchev–Trinajstić information content (AvgIpc) is 2.59. The molecular weight excluding hydrogens is 320 g/mol. The highest BCUT2D eigenvalue weighted by atomic mass is 16.5. The van der Waals surface area contributed by atoms with Crippen molar-refractivity contribution in [3.8, 4) is 0 Å². The Kier molecular flexibility index (Phi) is 6.32. The number of methoxy groups -OCH3 is 1. The molecule has 0 aromatic heterocycles. The van der Waals surface area contributed by atoms with Crippen molar-refractivity contribution >= 4 is 11.9 Å². The third-order valence-electron chi connectivity index (χ3n) is 6.02. The van der Waals surface area contributed by atoms with Crippen LogP contribution in [0.4, 0.5) is 0 Å². The molecule has 0 spiro atoms. The van der Waals surface area contributed by atoms with E-state index in [-0.39, 0.29) is 29.5 Å². The Morgan fingerprint density at radius 1 is 1.24 bits per heavy atom. The number of hydrogen-bond donors (Lipinski definition) is 2. The molecule has 2 rings (SSSR count). The number of ether oxygens (including phenoxy) is 2. The smallest absolute Gasteiger partial charge is 0.243 e. The number of carbonyl (C=O) groups excluding carboxylic acids is 1. The van der Waals surface area contributed by atoms with Gasteiger partial charge in [0.15, 0.2) is 5.96 Å². The maximum atomic E-state index is 11.9. The summed E-state index contributed by atoms with van der Waals surface area (Å²) in [6, 6.07) is 0.574. The van der Waals surface area contributed by atoms with Crippen LogP contribution in [0.5, 0.6) is 0 Å².